The summed E-state index contributed by atoms with van der Waals surface area (Å²) in [6.45, 7) is 2.59. The van der Waals surface area contributed by atoms with Crippen molar-refractivity contribution in [1.82, 2.24) is 4.98 Å². The van der Waals surface area contributed by atoms with Crippen LogP contribution < -0.4 is 10.6 Å². The van der Waals surface area contributed by atoms with Crippen molar-refractivity contribution in [3.05, 3.63) is 33.4 Å². The van der Waals surface area contributed by atoms with Gasteiger partial charge in [-0.3, -0.25) is 4.98 Å². The van der Waals surface area contributed by atoms with E-state index < -0.39 is 0 Å². The maximum atomic E-state index is 6.13. The molecule has 1 heterocycles. The Hall–Kier alpha value is -1.03. The van der Waals surface area contributed by atoms with E-state index >= 15 is 0 Å². The number of aryl methyl sites for hydroxylation is 1. The molecule has 1 aromatic carbocycles. The van der Waals surface area contributed by atoms with Crippen LogP contribution in [-0.2, 0) is 6.42 Å². The van der Waals surface area contributed by atoms with Crippen LogP contribution in [0.25, 0.3) is 10.9 Å². The van der Waals surface area contributed by atoms with Crippen LogP contribution >= 0.6 is 23.2 Å². The normalized spacial score (nSPS) is 11.1. The van der Waals surface area contributed by atoms with E-state index in [9.17, 15) is 0 Å². The van der Waals surface area contributed by atoms with Gasteiger partial charge in [-0.15, -0.1) is 0 Å². The molecule has 3 nitrogen and oxygen atoms in total. The Labute approximate surface area is 123 Å². The third-order valence-corrected chi connectivity index (χ3v) is 3.87. The van der Waals surface area contributed by atoms with E-state index in [4.69, 9.17) is 28.9 Å². The second-order valence-corrected chi connectivity index (χ2v) is 5.56. The quantitative estimate of drug-likeness (QED) is 0.944. The van der Waals surface area contributed by atoms with Gasteiger partial charge < -0.3 is 10.6 Å². The number of fused-ring (bicyclic) bond motifs is 1. The largest absolute Gasteiger partial charge is 0.377 e. The highest BCUT2D eigenvalue weighted by Crippen LogP contribution is 2.35. The van der Waals surface area contributed by atoms with Gasteiger partial charge in [0.15, 0.2) is 0 Å². The molecule has 0 fully saturated rings. The van der Waals surface area contributed by atoms with Crippen molar-refractivity contribution in [1.29, 1.82) is 0 Å². The molecule has 0 spiro atoms. The van der Waals surface area contributed by atoms with E-state index in [0.717, 1.165) is 28.7 Å². The molecule has 0 saturated carbocycles. The van der Waals surface area contributed by atoms with Gasteiger partial charge in [-0.2, -0.15) is 0 Å². The van der Waals surface area contributed by atoms with E-state index in [0.29, 0.717) is 16.6 Å². The molecule has 102 valence electrons. The van der Waals surface area contributed by atoms with E-state index in [1.165, 1.54) is 5.56 Å². The number of benzene rings is 1. The molecule has 0 bridgehead atoms. The summed E-state index contributed by atoms with van der Waals surface area (Å²) in [5, 5.41) is 2.08. The summed E-state index contributed by atoms with van der Waals surface area (Å²) in [5.74, 6) is 0. The molecule has 0 atom stereocenters. The minimum atomic E-state index is 0.525. The molecule has 2 rings (SSSR count). The lowest BCUT2D eigenvalue weighted by molar-refractivity contribution is 0.933. The zero-order valence-corrected chi connectivity index (χ0v) is 12.8. The molecule has 5 heteroatoms. The van der Waals surface area contributed by atoms with E-state index in [1.54, 1.807) is 0 Å². The summed E-state index contributed by atoms with van der Waals surface area (Å²) < 4.78 is 0. The van der Waals surface area contributed by atoms with Gasteiger partial charge in [-0.05, 0) is 37.6 Å². The van der Waals surface area contributed by atoms with E-state index in [-0.39, 0.29) is 0 Å². The maximum Gasteiger partial charge on any atom is 0.0742 e. The minimum absolute atomic E-state index is 0.525. The number of hydrogen-bond acceptors (Lipinski definition) is 3. The maximum absolute atomic E-state index is 6.13. The number of pyridine rings is 1. The van der Waals surface area contributed by atoms with Crippen molar-refractivity contribution < 1.29 is 0 Å². The number of halogens is 2. The lowest BCUT2D eigenvalue weighted by Crippen LogP contribution is -2.16. The second-order valence-electron chi connectivity index (χ2n) is 4.74. The zero-order valence-electron chi connectivity index (χ0n) is 11.3. The standard InChI is InChI=1S/C14H17Cl2N3/c1-8-9(4-5-17)14(19(2)3)10-6-11(15)12(16)7-13(10)18-8/h6-7H,4-5,17H2,1-3H3. The predicted octanol–water partition coefficient (Wildman–Crippen LogP) is 3.42. The molecule has 0 aliphatic heterocycles. The van der Waals surface area contributed by atoms with E-state index in [2.05, 4.69) is 9.88 Å². The van der Waals surface area contributed by atoms with Crippen molar-refractivity contribution in [2.75, 3.05) is 25.5 Å². The third-order valence-electron chi connectivity index (χ3n) is 3.15. The summed E-state index contributed by atoms with van der Waals surface area (Å²) in [5.41, 5.74) is 9.83. The molecule has 0 amide bonds. The Morgan fingerprint density at radius 2 is 1.84 bits per heavy atom. The van der Waals surface area contributed by atoms with Crippen molar-refractivity contribution in [2.45, 2.75) is 13.3 Å². The van der Waals surface area contributed by atoms with Crippen molar-refractivity contribution in [3.63, 3.8) is 0 Å². The summed E-state index contributed by atoms with van der Waals surface area (Å²) >= 11 is 12.2. The van der Waals surface area contributed by atoms with Crippen LogP contribution in [0, 0.1) is 6.92 Å². The highest BCUT2D eigenvalue weighted by atomic mass is 35.5. The Bertz CT molecular complexity index is 624. The Morgan fingerprint density at radius 3 is 2.42 bits per heavy atom. The predicted molar refractivity (Wildman–Crippen MR) is 83.6 cm³/mol. The van der Waals surface area contributed by atoms with Gasteiger partial charge in [-0.1, -0.05) is 23.2 Å². The number of aromatic nitrogens is 1. The number of nitrogens with two attached hydrogens (primary N) is 1. The summed E-state index contributed by atoms with van der Waals surface area (Å²) in [6.07, 6.45) is 0.794. The number of anilines is 1. The van der Waals surface area contributed by atoms with Gasteiger partial charge in [0.1, 0.15) is 0 Å². The van der Waals surface area contributed by atoms with Crippen molar-refractivity contribution in [2.24, 2.45) is 5.73 Å². The highest BCUT2D eigenvalue weighted by molar-refractivity contribution is 6.42. The first kappa shape index (κ1) is 14.4. The SMILES string of the molecule is Cc1nc2cc(Cl)c(Cl)cc2c(N(C)C)c1CCN. The fourth-order valence-corrected chi connectivity index (χ4v) is 2.68. The smallest absolute Gasteiger partial charge is 0.0742 e. The third kappa shape index (κ3) is 2.64. The van der Waals surface area contributed by atoms with Crippen LogP contribution in [0.5, 0.6) is 0 Å². The van der Waals surface area contributed by atoms with E-state index in [1.807, 2.05) is 33.2 Å². The van der Waals surface area contributed by atoms with Gasteiger partial charge in [0.2, 0.25) is 0 Å². The summed E-state index contributed by atoms with van der Waals surface area (Å²) in [6, 6.07) is 3.69. The van der Waals surface area contributed by atoms with Crippen LogP contribution in [0.1, 0.15) is 11.3 Å². The average Bonchev–Trinajstić information content (AvgIpc) is 2.32. The highest BCUT2D eigenvalue weighted by Gasteiger charge is 2.15. The van der Waals surface area contributed by atoms with Crippen molar-refractivity contribution in [3.8, 4) is 0 Å². The van der Waals surface area contributed by atoms with Gasteiger partial charge >= 0.3 is 0 Å². The Balaban J connectivity index is 2.85. The molecule has 0 unspecified atom stereocenters. The zero-order chi connectivity index (χ0) is 14.2. The number of nitrogens with zero attached hydrogens (tertiary/aromatic N) is 2. The minimum Gasteiger partial charge on any atom is -0.377 e. The van der Waals surface area contributed by atoms with Crippen LogP contribution in [0.15, 0.2) is 12.1 Å². The number of hydrogen-bond donors (Lipinski definition) is 1. The second kappa shape index (κ2) is 5.53. The van der Waals surface area contributed by atoms with Crippen molar-refractivity contribution >= 4 is 39.8 Å². The van der Waals surface area contributed by atoms with Gasteiger partial charge in [-0.25, -0.2) is 0 Å². The van der Waals surface area contributed by atoms with Gasteiger partial charge in [0, 0.05) is 25.2 Å². The lowest BCUT2D eigenvalue weighted by atomic mass is 10.0. The van der Waals surface area contributed by atoms with Crippen LogP contribution in [-0.4, -0.2) is 25.6 Å². The lowest BCUT2D eigenvalue weighted by Gasteiger charge is -2.21. The first-order valence-electron chi connectivity index (χ1n) is 6.11. The van der Waals surface area contributed by atoms with Gasteiger partial charge in [0.05, 0.1) is 21.2 Å². The molecule has 0 saturated heterocycles. The topological polar surface area (TPSA) is 42.2 Å². The monoisotopic (exact) mass is 297 g/mol. The first-order chi connectivity index (χ1) is 8.95. The molecule has 2 N–H and O–H groups in total. The molecular weight excluding hydrogens is 281 g/mol. The Morgan fingerprint density at radius 1 is 1.21 bits per heavy atom. The average molecular weight is 298 g/mol. The van der Waals surface area contributed by atoms with Gasteiger partial charge in [0.25, 0.3) is 0 Å². The number of rotatable bonds is 3. The summed E-state index contributed by atoms with van der Waals surface area (Å²) in [7, 11) is 4.02. The molecule has 0 aliphatic rings. The Kier molecular flexibility index (Phi) is 4.19. The molecule has 0 aliphatic carbocycles. The fraction of sp³-hybridized carbons (Fsp3) is 0.357. The fourth-order valence-electron chi connectivity index (χ4n) is 2.36. The molecule has 19 heavy (non-hydrogen) atoms. The molecular formula is C14H17Cl2N3. The molecule has 0 radical (unpaired) electrons. The summed E-state index contributed by atoms with van der Waals surface area (Å²) in [4.78, 5) is 6.69. The van der Waals surface area contributed by atoms with Crippen LogP contribution in [0.4, 0.5) is 5.69 Å². The van der Waals surface area contributed by atoms with Crippen LogP contribution in [0.2, 0.25) is 10.0 Å². The molecule has 2 aromatic rings. The van der Waals surface area contributed by atoms with Crippen LogP contribution in [0.3, 0.4) is 0 Å². The molecule has 1 aromatic heterocycles. The first-order valence-corrected chi connectivity index (χ1v) is 6.87.